The normalized spacial score (nSPS) is 11.2. The van der Waals surface area contributed by atoms with Crippen molar-refractivity contribution in [3.8, 4) is 5.75 Å². The molecule has 0 unspecified atom stereocenters. The second-order valence-corrected chi connectivity index (χ2v) is 6.50. The zero-order valence-corrected chi connectivity index (χ0v) is 14.8. The largest absolute Gasteiger partial charge is 0.507 e. The minimum atomic E-state index is -0.511. The number of nitrogens with zero attached hydrogens (tertiary/aromatic N) is 1. The van der Waals surface area contributed by atoms with Gasteiger partial charge in [-0.2, -0.15) is 0 Å². The van der Waals surface area contributed by atoms with Crippen molar-refractivity contribution in [2.24, 2.45) is 0 Å². The predicted octanol–water partition coefficient (Wildman–Crippen LogP) is 1.58. The van der Waals surface area contributed by atoms with Crippen LogP contribution in [0.3, 0.4) is 0 Å². The quantitative estimate of drug-likeness (QED) is 0.703. The number of likely N-dealkylation sites (N-methyl/N-ethyl adjacent to an activating group) is 1. The number of amides is 2. The van der Waals surface area contributed by atoms with Crippen LogP contribution in [0.4, 0.5) is 4.79 Å². The van der Waals surface area contributed by atoms with E-state index in [0.29, 0.717) is 26.2 Å². The van der Waals surface area contributed by atoms with E-state index >= 15 is 0 Å². The Labute approximate surface area is 143 Å². The highest BCUT2D eigenvalue weighted by Crippen LogP contribution is 2.14. The van der Waals surface area contributed by atoms with E-state index in [9.17, 15) is 14.7 Å². The molecule has 0 aliphatic rings. The summed E-state index contributed by atoms with van der Waals surface area (Å²) in [6, 6.07) is 6.41. The molecular weight excluding hydrogens is 310 g/mol. The number of alkyl carbamates (subject to hydrolysis) is 1. The summed E-state index contributed by atoms with van der Waals surface area (Å²) in [4.78, 5) is 25.4. The number of nitrogens with one attached hydrogen (secondary N) is 2. The van der Waals surface area contributed by atoms with Crippen molar-refractivity contribution in [2.75, 3.05) is 33.2 Å². The van der Waals surface area contributed by atoms with Crippen LogP contribution in [0.25, 0.3) is 0 Å². The highest BCUT2D eigenvalue weighted by atomic mass is 16.6. The zero-order valence-electron chi connectivity index (χ0n) is 14.8. The maximum Gasteiger partial charge on any atom is 0.407 e. The molecule has 7 heteroatoms. The van der Waals surface area contributed by atoms with Gasteiger partial charge in [0.25, 0.3) is 5.91 Å². The number of phenolic OH excluding ortho intramolecular Hbond substituents is 1. The maximum atomic E-state index is 11.9. The number of hydrogen-bond donors (Lipinski definition) is 3. The average Bonchev–Trinajstić information content (AvgIpc) is 2.45. The van der Waals surface area contributed by atoms with Crippen LogP contribution in [0.2, 0.25) is 0 Å². The minimum absolute atomic E-state index is 0.0371. The molecule has 2 amide bonds. The number of benzene rings is 1. The number of phenols is 1. The summed E-state index contributed by atoms with van der Waals surface area (Å²) in [7, 11) is 1.89. The second-order valence-electron chi connectivity index (χ2n) is 6.50. The maximum absolute atomic E-state index is 11.9. The van der Waals surface area contributed by atoms with Crippen molar-refractivity contribution in [3.05, 3.63) is 29.8 Å². The molecule has 1 aromatic rings. The lowest BCUT2D eigenvalue weighted by molar-refractivity contribution is 0.0524. The molecular formula is C17H27N3O4. The van der Waals surface area contributed by atoms with Gasteiger partial charge in [-0.05, 0) is 40.0 Å². The van der Waals surface area contributed by atoms with Crippen molar-refractivity contribution in [2.45, 2.75) is 26.4 Å². The summed E-state index contributed by atoms with van der Waals surface area (Å²) >= 11 is 0. The van der Waals surface area contributed by atoms with E-state index in [1.165, 1.54) is 6.07 Å². The zero-order chi connectivity index (χ0) is 18.2. The fraction of sp³-hybridized carbons (Fsp3) is 0.529. The van der Waals surface area contributed by atoms with Gasteiger partial charge in [-0.15, -0.1) is 0 Å². The lowest BCUT2D eigenvalue weighted by Gasteiger charge is -2.21. The summed E-state index contributed by atoms with van der Waals surface area (Å²) < 4.78 is 5.14. The van der Waals surface area contributed by atoms with Gasteiger partial charge in [0.05, 0.1) is 5.56 Å². The first kappa shape index (κ1) is 19.8. The van der Waals surface area contributed by atoms with E-state index in [0.717, 1.165) is 0 Å². The smallest absolute Gasteiger partial charge is 0.407 e. The highest BCUT2D eigenvalue weighted by molar-refractivity contribution is 5.96. The molecule has 0 saturated heterocycles. The molecule has 0 fully saturated rings. The molecule has 1 aromatic carbocycles. The molecule has 0 aromatic heterocycles. The first-order valence-electron chi connectivity index (χ1n) is 7.90. The van der Waals surface area contributed by atoms with Gasteiger partial charge in [-0.1, -0.05) is 12.1 Å². The van der Waals surface area contributed by atoms with Crippen molar-refractivity contribution < 1.29 is 19.4 Å². The Hall–Kier alpha value is -2.28. The van der Waals surface area contributed by atoms with Crippen LogP contribution in [0.15, 0.2) is 24.3 Å². The summed E-state index contributed by atoms with van der Waals surface area (Å²) in [5.41, 5.74) is -0.254. The number of rotatable bonds is 7. The number of ether oxygens (including phenoxy) is 1. The molecule has 0 aliphatic heterocycles. The number of hydrogen-bond acceptors (Lipinski definition) is 5. The van der Waals surface area contributed by atoms with E-state index in [2.05, 4.69) is 10.6 Å². The third-order valence-electron chi connectivity index (χ3n) is 3.09. The Morgan fingerprint density at radius 3 is 2.29 bits per heavy atom. The van der Waals surface area contributed by atoms with Crippen LogP contribution in [0, 0.1) is 0 Å². The van der Waals surface area contributed by atoms with E-state index in [4.69, 9.17) is 4.74 Å². The molecule has 0 atom stereocenters. The molecule has 0 saturated carbocycles. The van der Waals surface area contributed by atoms with E-state index in [-0.39, 0.29) is 17.2 Å². The molecule has 0 bridgehead atoms. The fourth-order valence-electron chi connectivity index (χ4n) is 1.90. The Balaban J connectivity index is 2.20. The van der Waals surface area contributed by atoms with Crippen LogP contribution in [0.5, 0.6) is 5.75 Å². The monoisotopic (exact) mass is 337 g/mol. The molecule has 24 heavy (non-hydrogen) atoms. The van der Waals surface area contributed by atoms with Gasteiger partial charge in [0.2, 0.25) is 0 Å². The number of carbonyl (C=O) groups excluding carboxylic acids is 2. The first-order chi connectivity index (χ1) is 11.2. The molecule has 1 rings (SSSR count). The van der Waals surface area contributed by atoms with Gasteiger partial charge >= 0.3 is 6.09 Å². The first-order valence-corrected chi connectivity index (χ1v) is 7.90. The molecule has 0 spiro atoms. The van der Waals surface area contributed by atoms with Crippen LogP contribution >= 0.6 is 0 Å². The summed E-state index contributed by atoms with van der Waals surface area (Å²) in [6.07, 6.45) is -0.441. The SMILES string of the molecule is CN(CCNC(=O)OC(C)(C)C)CCNC(=O)c1ccccc1O. The van der Waals surface area contributed by atoms with Crippen molar-refractivity contribution in [3.63, 3.8) is 0 Å². The van der Waals surface area contributed by atoms with Crippen molar-refractivity contribution in [1.82, 2.24) is 15.5 Å². The Morgan fingerprint density at radius 1 is 1.12 bits per heavy atom. The standard InChI is InChI=1S/C17H27N3O4/c1-17(2,3)24-16(23)19-10-12-20(4)11-9-18-15(22)13-7-5-6-8-14(13)21/h5-8,21H,9-12H2,1-4H3,(H,18,22)(H,19,23). The summed E-state index contributed by atoms with van der Waals surface area (Å²) in [5, 5.41) is 15.0. The predicted molar refractivity (Wildman–Crippen MR) is 92.2 cm³/mol. The van der Waals surface area contributed by atoms with E-state index in [1.807, 2.05) is 32.7 Å². The summed E-state index contributed by atoms with van der Waals surface area (Å²) in [6.45, 7) is 7.58. The van der Waals surface area contributed by atoms with Gasteiger partial charge in [0.1, 0.15) is 11.4 Å². The molecule has 7 nitrogen and oxygen atoms in total. The topological polar surface area (TPSA) is 90.9 Å². The third-order valence-corrected chi connectivity index (χ3v) is 3.09. The van der Waals surface area contributed by atoms with Crippen LogP contribution in [-0.4, -0.2) is 60.8 Å². The Kier molecular flexibility index (Phi) is 7.51. The highest BCUT2D eigenvalue weighted by Gasteiger charge is 2.15. The van der Waals surface area contributed by atoms with Gasteiger partial charge in [0.15, 0.2) is 0 Å². The van der Waals surface area contributed by atoms with Crippen LogP contribution in [0.1, 0.15) is 31.1 Å². The van der Waals surface area contributed by atoms with E-state index < -0.39 is 11.7 Å². The van der Waals surface area contributed by atoms with Gasteiger partial charge in [-0.3, -0.25) is 4.79 Å². The Bertz CT molecular complexity index is 555. The van der Waals surface area contributed by atoms with Gasteiger partial charge in [0, 0.05) is 26.2 Å². The molecule has 134 valence electrons. The lowest BCUT2D eigenvalue weighted by atomic mass is 10.2. The van der Waals surface area contributed by atoms with Crippen molar-refractivity contribution in [1.29, 1.82) is 0 Å². The molecule has 0 radical (unpaired) electrons. The van der Waals surface area contributed by atoms with Crippen molar-refractivity contribution >= 4 is 12.0 Å². The summed E-state index contributed by atoms with van der Waals surface area (Å²) in [5.74, 6) is -0.349. The Morgan fingerprint density at radius 2 is 1.71 bits per heavy atom. The minimum Gasteiger partial charge on any atom is -0.507 e. The molecule has 3 N–H and O–H groups in total. The lowest BCUT2D eigenvalue weighted by Crippen LogP contribution is -2.39. The van der Waals surface area contributed by atoms with Crippen LogP contribution < -0.4 is 10.6 Å². The third kappa shape index (κ3) is 7.82. The molecule has 0 aliphatic carbocycles. The average molecular weight is 337 g/mol. The second kappa shape index (κ2) is 9.12. The number of carbonyl (C=O) groups is 2. The number of aromatic hydroxyl groups is 1. The van der Waals surface area contributed by atoms with Crippen LogP contribution in [-0.2, 0) is 4.74 Å². The molecule has 0 heterocycles. The van der Waals surface area contributed by atoms with Gasteiger partial charge < -0.3 is 25.4 Å². The van der Waals surface area contributed by atoms with Gasteiger partial charge in [-0.25, -0.2) is 4.79 Å². The fourth-order valence-corrected chi connectivity index (χ4v) is 1.90. The van der Waals surface area contributed by atoms with E-state index in [1.54, 1.807) is 18.2 Å². The number of para-hydroxylation sites is 1.